The molecule has 0 aliphatic carbocycles. The van der Waals surface area contributed by atoms with Crippen LogP contribution >= 0.6 is 12.6 Å². The fourth-order valence-electron chi connectivity index (χ4n) is 1.84. The maximum absolute atomic E-state index is 12.1. The van der Waals surface area contributed by atoms with Gasteiger partial charge in [0, 0.05) is 5.75 Å². The van der Waals surface area contributed by atoms with Crippen LogP contribution in [0.5, 0.6) is 0 Å². The minimum atomic E-state index is -1.19. The molecule has 9 N–H and O–H groups in total. The van der Waals surface area contributed by atoms with Crippen molar-refractivity contribution in [3.05, 3.63) is 0 Å². The number of thiol groups is 1. The van der Waals surface area contributed by atoms with E-state index in [0.717, 1.165) is 0 Å². The highest BCUT2D eigenvalue weighted by atomic mass is 32.1. The molecule has 0 rings (SSSR count). The molecule has 11 nitrogen and oxygen atoms in total. The number of aliphatic carboxylic acids is 1. The Morgan fingerprint density at radius 1 is 1.04 bits per heavy atom. The Labute approximate surface area is 156 Å². The summed E-state index contributed by atoms with van der Waals surface area (Å²) in [5.74, 6) is -3.37. The van der Waals surface area contributed by atoms with Gasteiger partial charge in [-0.1, -0.05) is 0 Å². The quantitative estimate of drug-likeness (QED) is 0.117. The summed E-state index contributed by atoms with van der Waals surface area (Å²) in [6.45, 7) is -0.611. The molecule has 3 atom stereocenters. The van der Waals surface area contributed by atoms with Crippen LogP contribution in [-0.2, 0) is 19.2 Å². The van der Waals surface area contributed by atoms with Crippen molar-refractivity contribution in [1.29, 1.82) is 0 Å². The number of carbonyl (C=O) groups is 4. The number of unbranched alkanes of at least 4 members (excludes halogenated alkanes) is 1. The number of aliphatic hydroxyl groups is 1. The highest BCUT2D eigenvalue weighted by Gasteiger charge is 2.25. The van der Waals surface area contributed by atoms with Crippen molar-refractivity contribution in [3.63, 3.8) is 0 Å². The minimum absolute atomic E-state index is 0.0726. The van der Waals surface area contributed by atoms with Crippen LogP contribution in [0.25, 0.3) is 0 Å². The predicted octanol–water partition coefficient (Wildman–Crippen LogP) is -3.46. The van der Waals surface area contributed by atoms with Gasteiger partial charge in [-0.25, -0.2) is 4.79 Å². The lowest BCUT2D eigenvalue weighted by molar-refractivity contribution is -0.142. The molecule has 0 fully saturated rings. The maximum Gasteiger partial charge on any atom is 0.326 e. The number of aliphatic hydroxyl groups excluding tert-OH is 1. The molecule has 12 heteroatoms. The third-order valence-electron chi connectivity index (χ3n) is 3.35. The Morgan fingerprint density at radius 2 is 1.69 bits per heavy atom. The lowest BCUT2D eigenvalue weighted by Crippen LogP contribution is -2.54. The molecule has 150 valence electrons. The van der Waals surface area contributed by atoms with Crippen LogP contribution in [0.3, 0.4) is 0 Å². The van der Waals surface area contributed by atoms with E-state index in [0.29, 0.717) is 19.4 Å². The Hall–Kier alpha value is -1.89. The smallest absolute Gasteiger partial charge is 0.326 e. The second-order valence-corrected chi connectivity index (χ2v) is 5.86. The standard InChI is InChI=1S/C14H27N5O6S/c15-4-2-1-3-9(14(24)25)19-13(23)10(7-26)18-11(21)5-17-12(22)8(16)6-20/h8-10,20,26H,1-7,15-16H2,(H,17,22)(H,18,21)(H,19,23)(H,24,25). The van der Waals surface area contributed by atoms with Gasteiger partial charge >= 0.3 is 5.97 Å². The summed E-state index contributed by atoms with van der Waals surface area (Å²) in [7, 11) is 0. The predicted molar refractivity (Wildman–Crippen MR) is 96.3 cm³/mol. The SMILES string of the molecule is NCCCCC(NC(=O)C(CS)NC(=O)CNC(=O)C(N)CO)C(=O)O. The van der Waals surface area contributed by atoms with Crippen LogP contribution < -0.4 is 27.4 Å². The highest BCUT2D eigenvalue weighted by Crippen LogP contribution is 2.02. The molecule has 0 aliphatic rings. The van der Waals surface area contributed by atoms with Crippen molar-refractivity contribution >= 4 is 36.3 Å². The van der Waals surface area contributed by atoms with E-state index in [1.54, 1.807) is 0 Å². The van der Waals surface area contributed by atoms with Crippen LogP contribution in [0.15, 0.2) is 0 Å². The van der Waals surface area contributed by atoms with Crippen LogP contribution in [-0.4, -0.2) is 77.5 Å². The van der Waals surface area contributed by atoms with Crippen molar-refractivity contribution in [3.8, 4) is 0 Å². The van der Waals surface area contributed by atoms with Crippen LogP contribution in [0.2, 0.25) is 0 Å². The molecule has 0 aliphatic heterocycles. The van der Waals surface area contributed by atoms with E-state index in [1.165, 1.54) is 0 Å². The van der Waals surface area contributed by atoms with E-state index in [-0.39, 0.29) is 12.2 Å². The zero-order valence-corrected chi connectivity index (χ0v) is 15.2. The van der Waals surface area contributed by atoms with E-state index in [1.807, 2.05) is 0 Å². The number of nitrogens with two attached hydrogens (primary N) is 2. The summed E-state index contributed by atoms with van der Waals surface area (Å²) in [6.07, 6.45) is 1.37. The summed E-state index contributed by atoms with van der Waals surface area (Å²) in [5.41, 5.74) is 10.6. The first-order valence-electron chi connectivity index (χ1n) is 8.04. The van der Waals surface area contributed by atoms with Crippen LogP contribution in [0.1, 0.15) is 19.3 Å². The van der Waals surface area contributed by atoms with E-state index in [9.17, 15) is 19.2 Å². The topological polar surface area (TPSA) is 197 Å². The third kappa shape index (κ3) is 9.56. The zero-order chi connectivity index (χ0) is 20.1. The van der Waals surface area contributed by atoms with E-state index in [4.69, 9.17) is 21.7 Å². The number of rotatable bonds is 13. The fraction of sp³-hybridized carbons (Fsp3) is 0.714. The monoisotopic (exact) mass is 393 g/mol. The molecule has 0 aromatic rings. The lowest BCUT2D eigenvalue weighted by Gasteiger charge is -2.20. The van der Waals surface area contributed by atoms with Crippen molar-refractivity contribution in [2.24, 2.45) is 11.5 Å². The molecule has 0 aromatic heterocycles. The first-order valence-corrected chi connectivity index (χ1v) is 8.67. The first-order chi connectivity index (χ1) is 12.3. The van der Waals surface area contributed by atoms with E-state index < -0.39 is 55.0 Å². The number of amides is 3. The van der Waals surface area contributed by atoms with Gasteiger partial charge in [0.05, 0.1) is 13.2 Å². The molecule has 3 amide bonds. The second kappa shape index (κ2) is 13.3. The van der Waals surface area contributed by atoms with Gasteiger partial charge in [-0.3, -0.25) is 14.4 Å². The molecule has 0 aromatic carbocycles. The molecular formula is C14H27N5O6S. The van der Waals surface area contributed by atoms with Crippen molar-refractivity contribution in [2.75, 3.05) is 25.4 Å². The Morgan fingerprint density at radius 3 is 2.19 bits per heavy atom. The molecule has 0 heterocycles. The molecule has 26 heavy (non-hydrogen) atoms. The van der Waals surface area contributed by atoms with Crippen LogP contribution in [0.4, 0.5) is 0 Å². The number of carboxylic acid groups (broad SMARTS) is 1. The average molecular weight is 393 g/mol. The largest absolute Gasteiger partial charge is 0.480 e. The summed E-state index contributed by atoms with van der Waals surface area (Å²) < 4.78 is 0. The molecule has 3 unspecified atom stereocenters. The second-order valence-electron chi connectivity index (χ2n) is 5.49. The molecular weight excluding hydrogens is 366 g/mol. The molecule has 0 spiro atoms. The van der Waals surface area contributed by atoms with Gasteiger partial charge in [0.25, 0.3) is 0 Å². The third-order valence-corrected chi connectivity index (χ3v) is 3.72. The average Bonchev–Trinajstić information content (AvgIpc) is 2.62. The zero-order valence-electron chi connectivity index (χ0n) is 14.3. The first kappa shape index (κ1) is 24.1. The Kier molecular flexibility index (Phi) is 12.4. The molecule has 0 saturated heterocycles. The number of carbonyl (C=O) groups excluding carboxylic acids is 3. The van der Waals surface area contributed by atoms with Gasteiger partial charge < -0.3 is 37.6 Å². The minimum Gasteiger partial charge on any atom is -0.480 e. The van der Waals surface area contributed by atoms with E-state index in [2.05, 4.69) is 28.6 Å². The summed E-state index contributed by atoms with van der Waals surface area (Å²) in [6, 6.07) is -3.34. The fourth-order valence-corrected chi connectivity index (χ4v) is 2.10. The summed E-state index contributed by atoms with van der Waals surface area (Å²) in [4.78, 5) is 46.5. The van der Waals surface area contributed by atoms with Crippen molar-refractivity contribution in [2.45, 2.75) is 37.4 Å². The van der Waals surface area contributed by atoms with Crippen molar-refractivity contribution in [1.82, 2.24) is 16.0 Å². The number of nitrogens with one attached hydrogen (secondary N) is 3. The van der Waals surface area contributed by atoms with Gasteiger partial charge in [0.1, 0.15) is 18.1 Å². The van der Waals surface area contributed by atoms with Gasteiger partial charge in [0.2, 0.25) is 17.7 Å². The van der Waals surface area contributed by atoms with Gasteiger partial charge in [-0.2, -0.15) is 12.6 Å². The highest BCUT2D eigenvalue weighted by molar-refractivity contribution is 7.80. The number of hydrogen-bond donors (Lipinski definition) is 8. The summed E-state index contributed by atoms with van der Waals surface area (Å²) in [5, 5.41) is 24.7. The lowest BCUT2D eigenvalue weighted by atomic mass is 10.1. The molecule has 0 saturated carbocycles. The number of hydrogen-bond acceptors (Lipinski definition) is 8. The van der Waals surface area contributed by atoms with E-state index >= 15 is 0 Å². The van der Waals surface area contributed by atoms with Gasteiger partial charge in [-0.15, -0.1) is 0 Å². The van der Waals surface area contributed by atoms with Crippen molar-refractivity contribution < 1.29 is 29.4 Å². The maximum atomic E-state index is 12.1. The molecule has 0 radical (unpaired) electrons. The molecule has 0 bridgehead atoms. The van der Waals surface area contributed by atoms with Crippen LogP contribution in [0, 0.1) is 0 Å². The number of carboxylic acids is 1. The Bertz CT molecular complexity index is 492. The Balaban J connectivity index is 4.55. The van der Waals surface area contributed by atoms with Gasteiger partial charge in [0.15, 0.2) is 0 Å². The normalized spacial score (nSPS) is 14.0. The van der Waals surface area contributed by atoms with Gasteiger partial charge in [-0.05, 0) is 25.8 Å². The summed E-state index contributed by atoms with van der Waals surface area (Å²) >= 11 is 3.97.